The van der Waals surface area contributed by atoms with E-state index in [1.807, 2.05) is 0 Å². The molecule has 1 heterocycles. The normalized spacial score (nSPS) is 35.9. The van der Waals surface area contributed by atoms with Gasteiger partial charge in [0, 0.05) is 12.1 Å². The fourth-order valence-corrected chi connectivity index (χ4v) is 3.87. The van der Waals surface area contributed by atoms with E-state index < -0.39 is 11.5 Å². The van der Waals surface area contributed by atoms with Gasteiger partial charge in [0.1, 0.15) is 5.54 Å². The Labute approximate surface area is 116 Å². The van der Waals surface area contributed by atoms with Crippen LogP contribution < -0.4 is 5.32 Å². The van der Waals surface area contributed by atoms with Crippen LogP contribution in [-0.4, -0.2) is 46.7 Å². The lowest BCUT2D eigenvalue weighted by molar-refractivity contribution is -0.144. The molecule has 110 valence electrons. The molecular weight excluding hydrogens is 240 g/mol. The molecule has 1 saturated carbocycles. The average molecular weight is 268 g/mol. The Morgan fingerprint density at radius 3 is 2.84 bits per heavy atom. The number of likely N-dealkylation sites (tertiary alicyclic amines) is 1. The molecule has 1 saturated heterocycles. The Morgan fingerprint density at radius 2 is 2.21 bits per heavy atom. The summed E-state index contributed by atoms with van der Waals surface area (Å²) in [5.41, 5.74) is -0.665. The zero-order chi connectivity index (χ0) is 13.9. The van der Waals surface area contributed by atoms with E-state index >= 15 is 0 Å². The minimum Gasteiger partial charge on any atom is -0.480 e. The standard InChI is InChI=1S/C15H28N2O2/c1-3-9-16-15(14(18)19)8-7-13(11-15)17-10-5-6-12(17)4-2/h12-13,16H,3-11H2,1-2H3,(H,18,19). The van der Waals surface area contributed by atoms with E-state index in [4.69, 9.17) is 0 Å². The van der Waals surface area contributed by atoms with Crippen molar-refractivity contribution in [1.29, 1.82) is 0 Å². The fourth-order valence-electron chi connectivity index (χ4n) is 3.87. The van der Waals surface area contributed by atoms with E-state index in [2.05, 4.69) is 24.1 Å². The average Bonchev–Trinajstić information content (AvgIpc) is 3.03. The van der Waals surface area contributed by atoms with Gasteiger partial charge in [-0.3, -0.25) is 9.69 Å². The highest BCUT2D eigenvalue weighted by atomic mass is 16.4. The number of hydrogen-bond acceptors (Lipinski definition) is 3. The maximum atomic E-state index is 11.7. The second kappa shape index (κ2) is 6.23. The van der Waals surface area contributed by atoms with Gasteiger partial charge in [0.25, 0.3) is 0 Å². The van der Waals surface area contributed by atoms with Crippen LogP contribution in [0.1, 0.15) is 58.8 Å². The number of nitrogens with one attached hydrogen (secondary N) is 1. The molecule has 0 aromatic rings. The van der Waals surface area contributed by atoms with Crippen LogP contribution in [0.4, 0.5) is 0 Å². The summed E-state index contributed by atoms with van der Waals surface area (Å²) in [4.78, 5) is 14.2. The molecule has 0 radical (unpaired) electrons. The predicted molar refractivity (Wildman–Crippen MR) is 76.3 cm³/mol. The first-order valence-electron chi connectivity index (χ1n) is 7.87. The molecule has 4 heteroatoms. The van der Waals surface area contributed by atoms with Crippen LogP contribution in [0.15, 0.2) is 0 Å². The molecule has 3 atom stereocenters. The fraction of sp³-hybridized carbons (Fsp3) is 0.933. The van der Waals surface area contributed by atoms with Crippen molar-refractivity contribution in [2.24, 2.45) is 0 Å². The third-order valence-corrected chi connectivity index (χ3v) is 4.97. The maximum Gasteiger partial charge on any atom is 0.323 e. The summed E-state index contributed by atoms with van der Waals surface area (Å²) in [6.45, 7) is 6.29. The number of aliphatic carboxylic acids is 1. The van der Waals surface area contributed by atoms with Crippen LogP contribution >= 0.6 is 0 Å². The van der Waals surface area contributed by atoms with Crippen molar-refractivity contribution in [3.63, 3.8) is 0 Å². The number of hydrogen-bond donors (Lipinski definition) is 2. The molecule has 1 aliphatic carbocycles. The summed E-state index contributed by atoms with van der Waals surface area (Å²) in [6, 6.07) is 1.15. The van der Waals surface area contributed by atoms with Gasteiger partial charge in [-0.05, 0) is 58.0 Å². The second-order valence-corrected chi connectivity index (χ2v) is 6.15. The lowest BCUT2D eigenvalue weighted by Crippen LogP contribution is -2.51. The van der Waals surface area contributed by atoms with Crippen LogP contribution in [0.5, 0.6) is 0 Å². The molecule has 0 bridgehead atoms. The third kappa shape index (κ3) is 2.95. The van der Waals surface area contributed by atoms with E-state index in [0.717, 1.165) is 38.8 Å². The number of carboxylic acid groups (broad SMARTS) is 1. The summed E-state index contributed by atoms with van der Waals surface area (Å²) in [7, 11) is 0. The lowest BCUT2D eigenvalue weighted by atomic mass is 9.97. The molecule has 2 N–H and O–H groups in total. The number of nitrogens with zero attached hydrogens (tertiary/aromatic N) is 1. The molecule has 0 spiro atoms. The molecule has 19 heavy (non-hydrogen) atoms. The monoisotopic (exact) mass is 268 g/mol. The molecule has 3 unspecified atom stereocenters. The van der Waals surface area contributed by atoms with E-state index in [1.54, 1.807) is 0 Å². The van der Waals surface area contributed by atoms with Crippen molar-refractivity contribution < 1.29 is 9.90 Å². The Balaban J connectivity index is 2.01. The van der Waals surface area contributed by atoms with Gasteiger partial charge < -0.3 is 10.4 Å². The summed E-state index contributed by atoms with van der Waals surface area (Å²) in [5, 5.41) is 12.9. The highest BCUT2D eigenvalue weighted by Crippen LogP contribution is 2.37. The minimum atomic E-state index is -0.665. The Bertz CT molecular complexity index is 321. The minimum absolute atomic E-state index is 0.466. The quantitative estimate of drug-likeness (QED) is 0.775. The smallest absolute Gasteiger partial charge is 0.323 e. The van der Waals surface area contributed by atoms with Crippen molar-refractivity contribution >= 4 is 5.97 Å². The summed E-state index contributed by atoms with van der Waals surface area (Å²) < 4.78 is 0. The van der Waals surface area contributed by atoms with Gasteiger partial charge in [-0.25, -0.2) is 0 Å². The Morgan fingerprint density at radius 1 is 1.42 bits per heavy atom. The van der Waals surface area contributed by atoms with Crippen molar-refractivity contribution in [1.82, 2.24) is 10.2 Å². The molecule has 0 aromatic heterocycles. The molecule has 2 fully saturated rings. The van der Waals surface area contributed by atoms with Crippen LogP contribution in [0.25, 0.3) is 0 Å². The Hall–Kier alpha value is -0.610. The van der Waals surface area contributed by atoms with Gasteiger partial charge in [0.05, 0.1) is 0 Å². The first-order chi connectivity index (χ1) is 9.13. The van der Waals surface area contributed by atoms with Gasteiger partial charge in [0.2, 0.25) is 0 Å². The molecule has 0 aromatic carbocycles. The summed E-state index contributed by atoms with van der Waals surface area (Å²) >= 11 is 0. The molecule has 0 amide bonds. The van der Waals surface area contributed by atoms with E-state index in [0.29, 0.717) is 12.1 Å². The highest BCUT2D eigenvalue weighted by Gasteiger charge is 2.47. The number of rotatable bonds is 6. The van der Waals surface area contributed by atoms with Crippen LogP contribution in [0.3, 0.4) is 0 Å². The molecule has 2 aliphatic rings. The first kappa shape index (κ1) is 14.8. The van der Waals surface area contributed by atoms with E-state index in [9.17, 15) is 9.90 Å². The van der Waals surface area contributed by atoms with E-state index in [-0.39, 0.29) is 0 Å². The van der Waals surface area contributed by atoms with E-state index in [1.165, 1.54) is 19.3 Å². The topological polar surface area (TPSA) is 52.6 Å². The molecular formula is C15H28N2O2. The van der Waals surface area contributed by atoms with Crippen LogP contribution in [-0.2, 0) is 4.79 Å². The van der Waals surface area contributed by atoms with Crippen molar-refractivity contribution in [2.45, 2.75) is 76.4 Å². The lowest BCUT2D eigenvalue weighted by Gasteiger charge is -2.32. The zero-order valence-corrected chi connectivity index (χ0v) is 12.3. The zero-order valence-electron chi connectivity index (χ0n) is 12.3. The summed E-state index contributed by atoms with van der Waals surface area (Å²) in [6.07, 6.45) is 7.32. The second-order valence-electron chi connectivity index (χ2n) is 6.15. The number of carboxylic acids is 1. The maximum absolute atomic E-state index is 11.7. The van der Waals surface area contributed by atoms with Gasteiger partial charge in [-0.15, -0.1) is 0 Å². The molecule has 4 nitrogen and oxygen atoms in total. The SMILES string of the molecule is CCCNC1(C(=O)O)CCC(N2CCCC2CC)C1. The van der Waals surface area contributed by atoms with Crippen LogP contribution in [0, 0.1) is 0 Å². The predicted octanol–water partition coefficient (Wildman–Crippen LogP) is 2.24. The first-order valence-corrected chi connectivity index (χ1v) is 7.87. The number of carbonyl (C=O) groups is 1. The summed E-state index contributed by atoms with van der Waals surface area (Å²) in [5.74, 6) is -0.657. The van der Waals surface area contributed by atoms with Crippen molar-refractivity contribution in [3.8, 4) is 0 Å². The van der Waals surface area contributed by atoms with Gasteiger partial charge in [-0.1, -0.05) is 13.8 Å². The Kier molecular flexibility index (Phi) is 4.85. The largest absolute Gasteiger partial charge is 0.480 e. The molecule has 1 aliphatic heterocycles. The van der Waals surface area contributed by atoms with Crippen molar-refractivity contribution in [2.75, 3.05) is 13.1 Å². The highest BCUT2D eigenvalue weighted by molar-refractivity contribution is 5.79. The molecule has 2 rings (SSSR count). The van der Waals surface area contributed by atoms with Gasteiger partial charge in [-0.2, -0.15) is 0 Å². The van der Waals surface area contributed by atoms with Gasteiger partial charge in [0.15, 0.2) is 0 Å². The van der Waals surface area contributed by atoms with Crippen molar-refractivity contribution in [3.05, 3.63) is 0 Å². The third-order valence-electron chi connectivity index (χ3n) is 4.97. The van der Waals surface area contributed by atoms with Gasteiger partial charge >= 0.3 is 5.97 Å². The van der Waals surface area contributed by atoms with Crippen LogP contribution in [0.2, 0.25) is 0 Å².